The van der Waals surface area contributed by atoms with Gasteiger partial charge in [0.1, 0.15) is 5.75 Å². The molecule has 2 rings (SSSR count). The fourth-order valence-corrected chi connectivity index (χ4v) is 3.12. The van der Waals surface area contributed by atoms with E-state index in [9.17, 15) is 26.7 Å². The molecule has 1 unspecified atom stereocenters. The van der Waals surface area contributed by atoms with E-state index in [4.69, 9.17) is 0 Å². The molecule has 1 atom stereocenters. The number of rotatable bonds is 7. The molecule has 2 aromatic carbocycles. The molecular formula is C16H16F3NO4S. The van der Waals surface area contributed by atoms with Gasteiger partial charge in [-0.15, -0.1) is 13.2 Å². The maximum absolute atomic E-state index is 12.1. The maximum Gasteiger partial charge on any atom is 0.573 e. The van der Waals surface area contributed by atoms with Gasteiger partial charge in [0.05, 0.1) is 11.0 Å². The zero-order valence-corrected chi connectivity index (χ0v) is 13.7. The first-order valence-electron chi connectivity index (χ1n) is 7.26. The van der Waals surface area contributed by atoms with Gasteiger partial charge in [-0.05, 0) is 36.2 Å². The molecule has 25 heavy (non-hydrogen) atoms. The minimum absolute atomic E-state index is 0.0286. The molecule has 0 saturated heterocycles. The second-order valence-corrected chi connectivity index (χ2v) is 6.90. The van der Waals surface area contributed by atoms with Gasteiger partial charge in [0.15, 0.2) is 0 Å². The highest BCUT2D eigenvalue weighted by molar-refractivity contribution is 7.89. The van der Waals surface area contributed by atoms with E-state index in [2.05, 4.69) is 9.46 Å². The van der Waals surface area contributed by atoms with Gasteiger partial charge in [-0.3, -0.25) is 0 Å². The van der Waals surface area contributed by atoms with Crippen LogP contribution in [0.4, 0.5) is 13.2 Å². The van der Waals surface area contributed by atoms with Crippen molar-refractivity contribution in [1.29, 1.82) is 0 Å². The molecule has 0 aliphatic rings. The summed E-state index contributed by atoms with van der Waals surface area (Å²) in [5, 5.41) is 9.97. The predicted molar refractivity (Wildman–Crippen MR) is 84.3 cm³/mol. The van der Waals surface area contributed by atoms with E-state index in [1.165, 1.54) is 0 Å². The fourth-order valence-electron chi connectivity index (χ4n) is 2.08. The summed E-state index contributed by atoms with van der Waals surface area (Å²) >= 11 is 0. The van der Waals surface area contributed by atoms with Gasteiger partial charge in [-0.25, -0.2) is 13.1 Å². The van der Waals surface area contributed by atoms with Crippen LogP contribution in [0.25, 0.3) is 0 Å². The van der Waals surface area contributed by atoms with E-state index in [0.717, 1.165) is 24.3 Å². The average molecular weight is 375 g/mol. The van der Waals surface area contributed by atoms with Crippen molar-refractivity contribution in [3.63, 3.8) is 0 Å². The minimum Gasteiger partial charge on any atom is -0.406 e. The van der Waals surface area contributed by atoms with Crippen molar-refractivity contribution in [3.8, 4) is 5.75 Å². The Balaban J connectivity index is 1.93. The Hall–Kier alpha value is -2.10. The molecule has 0 heterocycles. The first-order chi connectivity index (χ1) is 11.7. The van der Waals surface area contributed by atoms with Gasteiger partial charge < -0.3 is 9.84 Å². The average Bonchev–Trinajstić information content (AvgIpc) is 2.54. The molecule has 0 aromatic heterocycles. The second-order valence-electron chi connectivity index (χ2n) is 5.13. The van der Waals surface area contributed by atoms with Crippen molar-refractivity contribution >= 4 is 10.0 Å². The minimum atomic E-state index is -4.84. The predicted octanol–water partition coefficient (Wildman–Crippen LogP) is 2.99. The molecular weight excluding hydrogens is 359 g/mol. The van der Waals surface area contributed by atoms with Gasteiger partial charge in [0.2, 0.25) is 10.0 Å². The lowest BCUT2D eigenvalue weighted by molar-refractivity contribution is -0.274. The molecule has 9 heteroatoms. The van der Waals surface area contributed by atoms with Crippen LogP contribution in [-0.4, -0.2) is 26.4 Å². The highest BCUT2D eigenvalue weighted by Crippen LogP contribution is 2.24. The molecule has 0 radical (unpaired) electrons. The number of benzene rings is 2. The number of alkyl halides is 3. The standard InChI is InChI=1S/C16H16F3NO4S/c17-16(18,19)24-13-6-8-14(9-7-13)25(22,23)20-11-10-15(21)12-4-2-1-3-5-12/h1-9,15,20-21H,10-11H2. The lowest BCUT2D eigenvalue weighted by Gasteiger charge is -2.12. The van der Waals surface area contributed by atoms with E-state index in [-0.39, 0.29) is 17.9 Å². The zero-order chi connectivity index (χ0) is 18.5. The van der Waals surface area contributed by atoms with Crippen LogP contribution >= 0.6 is 0 Å². The first kappa shape index (κ1) is 19.2. The van der Waals surface area contributed by atoms with Crippen molar-refractivity contribution in [3.05, 3.63) is 60.2 Å². The molecule has 2 N–H and O–H groups in total. The van der Waals surface area contributed by atoms with E-state index >= 15 is 0 Å². The van der Waals surface area contributed by atoms with Gasteiger partial charge in [0.25, 0.3) is 0 Å². The number of hydrogen-bond donors (Lipinski definition) is 2. The molecule has 0 bridgehead atoms. The van der Waals surface area contributed by atoms with E-state index in [1.54, 1.807) is 30.3 Å². The lowest BCUT2D eigenvalue weighted by Crippen LogP contribution is -2.26. The molecule has 0 amide bonds. The van der Waals surface area contributed by atoms with Crippen LogP contribution in [0.2, 0.25) is 0 Å². The van der Waals surface area contributed by atoms with Crippen LogP contribution in [0, 0.1) is 0 Å². The van der Waals surface area contributed by atoms with Crippen LogP contribution in [0.1, 0.15) is 18.1 Å². The molecule has 0 aliphatic heterocycles. The van der Waals surface area contributed by atoms with Gasteiger partial charge in [-0.1, -0.05) is 30.3 Å². The van der Waals surface area contributed by atoms with Crippen LogP contribution in [0.15, 0.2) is 59.5 Å². The molecule has 0 fully saturated rings. The van der Waals surface area contributed by atoms with E-state index in [0.29, 0.717) is 5.56 Å². The molecule has 136 valence electrons. The Labute approximate surface area is 143 Å². The Morgan fingerprint density at radius 1 is 1.04 bits per heavy atom. The number of halogens is 3. The number of sulfonamides is 1. The summed E-state index contributed by atoms with van der Waals surface area (Å²) in [6.07, 6.45) is -5.52. The summed E-state index contributed by atoms with van der Waals surface area (Å²) in [6, 6.07) is 12.6. The van der Waals surface area contributed by atoms with E-state index in [1.807, 2.05) is 0 Å². The molecule has 2 aromatic rings. The Morgan fingerprint density at radius 2 is 1.64 bits per heavy atom. The van der Waals surface area contributed by atoms with Gasteiger partial charge in [-0.2, -0.15) is 0 Å². The van der Waals surface area contributed by atoms with Crippen molar-refractivity contribution in [2.24, 2.45) is 0 Å². The topological polar surface area (TPSA) is 75.6 Å². The largest absolute Gasteiger partial charge is 0.573 e. The Kier molecular flexibility index (Phi) is 6.04. The maximum atomic E-state index is 12.1. The van der Waals surface area contributed by atoms with Crippen molar-refractivity contribution < 1.29 is 31.4 Å². The fraction of sp³-hybridized carbons (Fsp3) is 0.250. The van der Waals surface area contributed by atoms with Crippen LogP contribution < -0.4 is 9.46 Å². The summed E-state index contributed by atoms with van der Waals surface area (Å²) < 4.78 is 66.4. The third-order valence-electron chi connectivity index (χ3n) is 3.26. The monoisotopic (exact) mass is 375 g/mol. The highest BCUT2D eigenvalue weighted by atomic mass is 32.2. The Morgan fingerprint density at radius 3 is 2.20 bits per heavy atom. The van der Waals surface area contributed by atoms with Crippen LogP contribution in [0.5, 0.6) is 5.75 Å². The molecule has 0 spiro atoms. The summed E-state index contributed by atoms with van der Waals surface area (Å²) in [7, 11) is -3.90. The van der Waals surface area contributed by atoms with Crippen molar-refractivity contribution in [2.45, 2.75) is 23.8 Å². The summed E-state index contributed by atoms with van der Waals surface area (Å²) in [6.45, 7) is -0.0286. The summed E-state index contributed by atoms with van der Waals surface area (Å²) in [4.78, 5) is -0.198. The summed E-state index contributed by atoms with van der Waals surface area (Å²) in [5.74, 6) is -0.508. The van der Waals surface area contributed by atoms with Crippen molar-refractivity contribution in [1.82, 2.24) is 4.72 Å². The number of nitrogens with one attached hydrogen (secondary N) is 1. The van der Waals surface area contributed by atoms with E-state index < -0.39 is 28.2 Å². The van der Waals surface area contributed by atoms with Gasteiger partial charge >= 0.3 is 6.36 Å². The zero-order valence-electron chi connectivity index (χ0n) is 12.9. The SMILES string of the molecule is O=S(=O)(NCCC(O)c1ccccc1)c1ccc(OC(F)(F)F)cc1. The Bertz CT molecular complexity index is 777. The lowest BCUT2D eigenvalue weighted by atomic mass is 10.1. The van der Waals surface area contributed by atoms with Crippen molar-refractivity contribution in [2.75, 3.05) is 6.54 Å². The quantitative estimate of drug-likeness (QED) is 0.780. The third-order valence-corrected chi connectivity index (χ3v) is 4.74. The van der Waals surface area contributed by atoms with Crippen LogP contribution in [-0.2, 0) is 10.0 Å². The van der Waals surface area contributed by atoms with Crippen LogP contribution in [0.3, 0.4) is 0 Å². The van der Waals surface area contributed by atoms with Gasteiger partial charge in [0, 0.05) is 6.54 Å². The number of aliphatic hydroxyl groups is 1. The number of hydrogen-bond acceptors (Lipinski definition) is 4. The summed E-state index contributed by atoms with van der Waals surface area (Å²) in [5.41, 5.74) is 0.662. The first-order valence-corrected chi connectivity index (χ1v) is 8.74. The highest BCUT2D eigenvalue weighted by Gasteiger charge is 2.31. The molecule has 0 saturated carbocycles. The number of aliphatic hydroxyl groups excluding tert-OH is 1. The third kappa shape index (κ3) is 6.04. The normalized spacial score (nSPS) is 13.4. The smallest absolute Gasteiger partial charge is 0.406 e. The second kappa shape index (κ2) is 7.85. The number of ether oxygens (including phenoxy) is 1. The molecule has 0 aliphatic carbocycles. The molecule has 5 nitrogen and oxygen atoms in total.